The van der Waals surface area contributed by atoms with Gasteiger partial charge in [0, 0.05) is 0 Å². The number of nitrogens with two attached hydrogens (primary N) is 1. The van der Waals surface area contributed by atoms with Crippen LogP contribution in [0.15, 0.2) is 29.2 Å². The molecule has 0 bridgehead atoms. The summed E-state index contributed by atoms with van der Waals surface area (Å²) < 4.78 is 34.6. The first-order valence-electron chi connectivity index (χ1n) is 9.16. The van der Waals surface area contributed by atoms with E-state index in [1.165, 1.54) is 50.7 Å². The molecule has 0 radical (unpaired) electrons. The molecule has 0 aliphatic heterocycles. The Morgan fingerprint density at radius 2 is 1.81 bits per heavy atom. The Morgan fingerprint density at radius 3 is 2.31 bits per heavy atom. The monoisotopic (exact) mass is 385 g/mol. The van der Waals surface area contributed by atoms with Crippen molar-refractivity contribution in [2.45, 2.75) is 69.7 Å². The maximum atomic E-state index is 11.0. The van der Waals surface area contributed by atoms with Gasteiger partial charge >= 0.3 is 5.97 Å². The molecule has 0 amide bonds. The van der Waals surface area contributed by atoms with Crippen molar-refractivity contribution in [3.8, 4) is 0 Å². The lowest BCUT2D eigenvalue weighted by atomic mass is 9.86. The Kier molecular flexibility index (Phi) is 9.83. The third-order valence-electron chi connectivity index (χ3n) is 4.42. The maximum absolute atomic E-state index is 11.0. The zero-order valence-electron chi connectivity index (χ0n) is 15.7. The standard InChI is InChI=1S/C12H23NO2.C7H8O3S/c1-10(13)12(14)15-9-5-8-11-6-3-2-4-7-11;1-6-2-4-7(5-3-6)11(8,9)10/h10-11H,2-9,13H2,1H3;2-5H,1H3,(H,8,9,10)/t10-;/m0./s1. The van der Waals surface area contributed by atoms with Crippen molar-refractivity contribution in [1.82, 2.24) is 0 Å². The number of esters is 1. The smallest absolute Gasteiger partial charge is 0.322 e. The molecule has 1 aliphatic carbocycles. The zero-order valence-corrected chi connectivity index (χ0v) is 16.5. The minimum atomic E-state index is -4.02. The molecule has 0 spiro atoms. The molecule has 1 saturated carbocycles. The second kappa shape index (κ2) is 11.3. The first kappa shape index (κ1) is 22.6. The van der Waals surface area contributed by atoms with E-state index in [1.54, 1.807) is 19.1 Å². The van der Waals surface area contributed by atoms with Crippen LogP contribution in [0, 0.1) is 12.8 Å². The van der Waals surface area contributed by atoms with E-state index in [-0.39, 0.29) is 10.9 Å². The Hall–Kier alpha value is -1.44. The normalized spacial score (nSPS) is 16.3. The van der Waals surface area contributed by atoms with Crippen molar-refractivity contribution in [3.63, 3.8) is 0 Å². The molecular formula is C19H31NO5S. The van der Waals surface area contributed by atoms with Gasteiger partial charge in [-0.05, 0) is 44.7 Å². The molecule has 2 rings (SSSR count). The van der Waals surface area contributed by atoms with E-state index in [2.05, 4.69) is 0 Å². The van der Waals surface area contributed by atoms with Gasteiger partial charge in [0.15, 0.2) is 0 Å². The average molecular weight is 386 g/mol. The quantitative estimate of drug-likeness (QED) is 0.441. The summed E-state index contributed by atoms with van der Waals surface area (Å²) in [6.07, 6.45) is 9.07. The van der Waals surface area contributed by atoms with Gasteiger partial charge in [0.05, 0.1) is 11.5 Å². The van der Waals surface area contributed by atoms with Crippen molar-refractivity contribution in [1.29, 1.82) is 0 Å². The van der Waals surface area contributed by atoms with Crippen molar-refractivity contribution in [3.05, 3.63) is 29.8 Å². The molecule has 1 atom stereocenters. The van der Waals surface area contributed by atoms with Gasteiger partial charge in [-0.2, -0.15) is 8.42 Å². The van der Waals surface area contributed by atoms with Crippen molar-refractivity contribution in [2.75, 3.05) is 6.61 Å². The Morgan fingerprint density at radius 1 is 1.23 bits per heavy atom. The third-order valence-corrected chi connectivity index (χ3v) is 5.28. The van der Waals surface area contributed by atoms with Gasteiger partial charge in [-0.25, -0.2) is 0 Å². The van der Waals surface area contributed by atoms with Gasteiger partial charge in [0.25, 0.3) is 10.1 Å². The number of aryl methyl sites for hydroxylation is 1. The summed E-state index contributed by atoms with van der Waals surface area (Å²) in [6, 6.07) is 5.50. The fourth-order valence-electron chi connectivity index (χ4n) is 2.86. The van der Waals surface area contributed by atoms with Crippen LogP contribution in [0.4, 0.5) is 0 Å². The number of hydrogen-bond donors (Lipinski definition) is 2. The van der Waals surface area contributed by atoms with Gasteiger partial charge in [-0.15, -0.1) is 0 Å². The van der Waals surface area contributed by atoms with Gasteiger partial charge in [0.1, 0.15) is 6.04 Å². The molecule has 1 aromatic carbocycles. The Labute approximate surface area is 156 Å². The lowest BCUT2D eigenvalue weighted by Gasteiger charge is -2.21. The molecule has 0 aromatic heterocycles. The predicted molar refractivity (Wildman–Crippen MR) is 101 cm³/mol. The average Bonchev–Trinajstić information content (AvgIpc) is 2.59. The highest BCUT2D eigenvalue weighted by Gasteiger charge is 2.13. The topological polar surface area (TPSA) is 107 Å². The lowest BCUT2D eigenvalue weighted by molar-refractivity contribution is -0.144. The minimum absolute atomic E-state index is 0.0666. The van der Waals surface area contributed by atoms with Crippen LogP contribution >= 0.6 is 0 Å². The molecule has 6 nitrogen and oxygen atoms in total. The first-order chi connectivity index (χ1) is 12.2. The molecule has 0 saturated heterocycles. The molecule has 148 valence electrons. The van der Waals surface area contributed by atoms with E-state index in [4.69, 9.17) is 15.0 Å². The Bertz CT molecular complexity index is 634. The molecule has 1 aliphatic rings. The molecule has 26 heavy (non-hydrogen) atoms. The number of rotatable bonds is 6. The van der Waals surface area contributed by atoms with Crippen molar-refractivity contribution < 1.29 is 22.5 Å². The van der Waals surface area contributed by atoms with E-state index in [0.29, 0.717) is 6.61 Å². The number of ether oxygens (including phenoxy) is 1. The SMILES string of the molecule is C[C@H](N)C(=O)OCCCC1CCCCC1.Cc1ccc(S(=O)(=O)O)cc1. The maximum Gasteiger partial charge on any atom is 0.322 e. The molecule has 1 fully saturated rings. The lowest BCUT2D eigenvalue weighted by Crippen LogP contribution is -2.29. The van der Waals surface area contributed by atoms with E-state index in [9.17, 15) is 13.2 Å². The van der Waals surface area contributed by atoms with Gasteiger partial charge in [-0.3, -0.25) is 9.35 Å². The van der Waals surface area contributed by atoms with E-state index in [1.807, 2.05) is 6.92 Å². The molecule has 1 aromatic rings. The molecule has 3 N–H and O–H groups in total. The van der Waals surface area contributed by atoms with Crippen LogP contribution in [0.5, 0.6) is 0 Å². The summed E-state index contributed by atoms with van der Waals surface area (Å²) in [5.41, 5.74) is 6.34. The zero-order chi connectivity index (χ0) is 19.6. The number of hydrogen-bond acceptors (Lipinski definition) is 5. The van der Waals surface area contributed by atoms with Crippen LogP contribution in [0.2, 0.25) is 0 Å². The van der Waals surface area contributed by atoms with Gasteiger partial charge in [0.2, 0.25) is 0 Å². The number of benzene rings is 1. The van der Waals surface area contributed by atoms with Gasteiger partial charge in [-0.1, -0.05) is 49.8 Å². The second-order valence-corrected chi connectivity index (χ2v) is 8.31. The summed E-state index contributed by atoms with van der Waals surface area (Å²) >= 11 is 0. The molecule has 7 heteroatoms. The van der Waals surface area contributed by atoms with Crippen molar-refractivity contribution >= 4 is 16.1 Å². The molecule has 0 unspecified atom stereocenters. The highest BCUT2D eigenvalue weighted by atomic mass is 32.2. The van der Waals surface area contributed by atoms with Crippen molar-refractivity contribution in [2.24, 2.45) is 11.7 Å². The highest BCUT2D eigenvalue weighted by Crippen LogP contribution is 2.27. The number of carbonyl (C=O) groups is 1. The molecular weight excluding hydrogens is 354 g/mol. The van der Waals surface area contributed by atoms with E-state index in [0.717, 1.165) is 17.9 Å². The Balaban J connectivity index is 0.000000273. The second-order valence-electron chi connectivity index (χ2n) is 6.89. The fraction of sp³-hybridized carbons (Fsp3) is 0.632. The largest absolute Gasteiger partial charge is 0.465 e. The summed E-state index contributed by atoms with van der Waals surface area (Å²) in [6.45, 7) is 4.04. The van der Waals surface area contributed by atoms with E-state index >= 15 is 0 Å². The predicted octanol–water partition coefficient (Wildman–Crippen LogP) is 3.48. The summed E-state index contributed by atoms with van der Waals surface area (Å²) in [5, 5.41) is 0. The molecule has 0 heterocycles. The van der Waals surface area contributed by atoms with Crippen LogP contribution in [-0.4, -0.2) is 31.6 Å². The van der Waals surface area contributed by atoms with Crippen LogP contribution < -0.4 is 5.73 Å². The minimum Gasteiger partial charge on any atom is -0.465 e. The third kappa shape index (κ3) is 9.31. The van der Waals surface area contributed by atoms with Crippen LogP contribution in [0.25, 0.3) is 0 Å². The fourth-order valence-corrected chi connectivity index (χ4v) is 3.34. The van der Waals surface area contributed by atoms with Crippen LogP contribution in [-0.2, 0) is 19.6 Å². The van der Waals surface area contributed by atoms with Gasteiger partial charge < -0.3 is 10.5 Å². The highest BCUT2D eigenvalue weighted by molar-refractivity contribution is 7.85. The summed E-state index contributed by atoms with van der Waals surface area (Å²) in [7, 11) is -4.02. The number of carbonyl (C=O) groups excluding carboxylic acids is 1. The van der Waals surface area contributed by atoms with Crippen LogP contribution in [0.1, 0.15) is 57.4 Å². The van der Waals surface area contributed by atoms with Crippen LogP contribution in [0.3, 0.4) is 0 Å². The summed E-state index contributed by atoms with van der Waals surface area (Å²) in [5.74, 6) is 0.589. The first-order valence-corrected chi connectivity index (χ1v) is 10.6. The van der Waals surface area contributed by atoms with E-state index < -0.39 is 16.2 Å². The summed E-state index contributed by atoms with van der Waals surface area (Å²) in [4.78, 5) is 11.0.